The van der Waals surface area contributed by atoms with Gasteiger partial charge in [-0.1, -0.05) is 28.1 Å². The Balaban J connectivity index is 1.57. The number of rotatable bonds is 7. The van der Waals surface area contributed by atoms with Gasteiger partial charge in [-0.2, -0.15) is 0 Å². The molecule has 1 aliphatic heterocycles. The van der Waals surface area contributed by atoms with Crippen LogP contribution in [0.5, 0.6) is 0 Å². The summed E-state index contributed by atoms with van der Waals surface area (Å²) in [7, 11) is 1.65. The highest BCUT2D eigenvalue weighted by atomic mass is 79.9. The van der Waals surface area contributed by atoms with E-state index in [4.69, 9.17) is 0 Å². The molecule has 1 aromatic rings. The average molecular weight is 411 g/mol. The van der Waals surface area contributed by atoms with Gasteiger partial charge in [-0.15, -0.1) is 0 Å². The van der Waals surface area contributed by atoms with Crippen LogP contribution in [-0.2, 0) is 11.2 Å². The van der Waals surface area contributed by atoms with Crippen LogP contribution in [0.15, 0.2) is 28.7 Å². The predicted molar refractivity (Wildman–Crippen MR) is 103 cm³/mol. The Morgan fingerprint density at radius 1 is 1.28 bits per heavy atom. The van der Waals surface area contributed by atoms with Crippen molar-refractivity contribution in [3.05, 3.63) is 34.3 Å². The van der Waals surface area contributed by atoms with Crippen LogP contribution in [0.25, 0.3) is 0 Å². The lowest BCUT2D eigenvalue weighted by molar-refractivity contribution is -0.122. The number of halogens is 1. The average Bonchev–Trinajstić information content (AvgIpc) is 2.60. The zero-order valence-electron chi connectivity index (χ0n) is 14.7. The Bertz CT molecular complexity index is 574. The number of amides is 3. The van der Waals surface area contributed by atoms with Gasteiger partial charge in [0.25, 0.3) is 0 Å². The molecule has 0 saturated carbocycles. The number of likely N-dealkylation sites (tertiary alicyclic amines) is 1. The summed E-state index contributed by atoms with van der Waals surface area (Å²) in [6.45, 7) is 2.77. The highest BCUT2D eigenvalue weighted by Gasteiger charge is 2.21. The molecular weight excluding hydrogens is 384 g/mol. The molecule has 3 amide bonds. The van der Waals surface area contributed by atoms with E-state index in [-0.39, 0.29) is 18.0 Å². The lowest BCUT2D eigenvalue weighted by Gasteiger charge is -2.31. The van der Waals surface area contributed by atoms with Gasteiger partial charge in [0.1, 0.15) is 0 Å². The van der Waals surface area contributed by atoms with Crippen molar-refractivity contribution in [2.75, 3.05) is 33.2 Å². The van der Waals surface area contributed by atoms with Gasteiger partial charge in [-0.05, 0) is 43.4 Å². The van der Waals surface area contributed by atoms with Crippen molar-refractivity contribution in [1.29, 1.82) is 0 Å². The van der Waals surface area contributed by atoms with E-state index >= 15 is 0 Å². The molecule has 0 bridgehead atoms. The molecule has 0 spiro atoms. The highest BCUT2D eigenvalue weighted by Crippen LogP contribution is 2.13. The molecule has 3 N–H and O–H groups in total. The van der Waals surface area contributed by atoms with Crippen LogP contribution in [0.2, 0.25) is 0 Å². The first-order chi connectivity index (χ1) is 12.1. The van der Waals surface area contributed by atoms with E-state index in [0.717, 1.165) is 43.2 Å². The summed E-state index contributed by atoms with van der Waals surface area (Å²) in [5.74, 6) is 0.0367. The third-order valence-electron chi connectivity index (χ3n) is 4.39. The Morgan fingerprint density at radius 2 is 2.04 bits per heavy atom. The molecule has 25 heavy (non-hydrogen) atoms. The smallest absolute Gasteiger partial charge is 0.315 e. The number of likely N-dealkylation sites (N-methyl/N-ethyl adjacent to an activating group) is 1. The van der Waals surface area contributed by atoms with Gasteiger partial charge in [0, 0.05) is 37.2 Å². The van der Waals surface area contributed by atoms with Crippen molar-refractivity contribution < 1.29 is 9.59 Å². The molecule has 0 unspecified atom stereocenters. The van der Waals surface area contributed by atoms with Crippen molar-refractivity contribution in [1.82, 2.24) is 20.9 Å². The Kier molecular flexibility index (Phi) is 8.21. The molecule has 2 rings (SSSR count). The summed E-state index contributed by atoms with van der Waals surface area (Å²) in [5, 5.41) is 8.59. The number of nitrogens with one attached hydrogen (secondary N) is 3. The Morgan fingerprint density at radius 3 is 2.72 bits per heavy atom. The third-order valence-corrected chi connectivity index (χ3v) is 4.88. The fourth-order valence-corrected chi connectivity index (χ4v) is 3.39. The van der Waals surface area contributed by atoms with E-state index in [1.54, 1.807) is 7.05 Å². The van der Waals surface area contributed by atoms with Crippen LogP contribution in [-0.4, -0.2) is 56.1 Å². The van der Waals surface area contributed by atoms with Crippen molar-refractivity contribution >= 4 is 27.9 Å². The summed E-state index contributed by atoms with van der Waals surface area (Å²) in [4.78, 5) is 25.5. The molecule has 1 fully saturated rings. The minimum absolute atomic E-state index is 0.0367. The number of benzene rings is 1. The molecule has 1 aromatic carbocycles. The number of aryl methyl sites for hydroxylation is 1. The van der Waals surface area contributed by atoms with Crippen molar-refractivity contribution in [3.63, 3.8) is 0 Å². The second-order valence-corrected chi connectivity index (χ2v) is 7.27. The first-order valence-corrected chi connectivity index (χ1v) is 9.58. The normalized spacial score (nSPS) is 15.6. The minimum Gasteiger partial charge on any atom is -0.358 e. The standard InChI is InChI=1S/C18H27BrN4O2/c1-20-17(24)13-23-10-7-16(8-11-23)22-18(25)21-9-3-5-14-4-2-6-15(19)12-14/h2,4,6,12,16H,3,5,7-11,13H2,1H3,(H,20,24)(H2,21,22,25). The molecule has 1 saturated heterocycles. The van der Waals surface area contributed by atoms with Crippen molar-refractivity contribution in [3.8, 4) is 0 Å². The fraction of sp³-hybridized carbons (Fsp3) is 0.556. The number of nitrogens with zero attached hydrogens (tertiary/aromatic N) is 1. The Labute approximate surface area is 157 Å². The molecule has 0 radical (unpaired) electrons. The summed E-state index contributed by atoms with van der Waals surface area (Å²) >= 11 is 3.47. The number of hydrogen-bond acceptors (Lipinski definition) is 3. The van der Waals surface area contributed by atoms with E-state index in [0.29, 0.717) is 13.1 Å². The van der Waals surface area contributed by atoms with Gasteiger partial charge in [-0.3, -0.25) is 9.69 Å². The van der Waals surface area contributed by atoms with Gasteiger partial charge in [-0.25, -0.2) is 4.79 Å². The van der Waals surface area contributed by atoms with Crippen molar-refractivity contribution in [2.24, 2.45) is 0 Å². The van der Waals surface area contributed by atoms with Gasteiger partial charge in [0.05, 0.1) is 6.54 Å². The first kappa shape index (κ1) is 19.7. The summed E-state index contributed by atoms with van der Waals surface area (Å²) < 4.78 is 1.08. The molecule has 138 valence electrons. The predicted octanol–water partition coefficient (Wildman–Crippen LogP) is 1.89. The molecule has 7 heteroatoms. The minimum atomic E-state index is -0.0982. The molecule has 1 heterocycles. The molecular formula is C18H27BrN4O2. The number of carbonyl (C=O) groups is 2. The highest BCUT2D eigenvalue weighted by molar-refractivity contribution is 9.10. The van der Waals surface area contributed by atoms with E-state index in [1.165, 1.54) is 5.56 Å². The summed E-state index contributed by atoms with van der Waals surface area (Å²) in [5.41, 5.74) is 1.26. The van der Waals surface area contributed by atoms with E-state index in [2.05, 4.69) is 48.9 Å². The molecule has 0 aliphatic carbocycles. The fourth-order valence-electron chi connectivity index (χ4n) is 2.94. The van der Waals surface area contributed by atoms with Crippen LogP contribution >= 0.6 is 15.9 Å². The first-order valence-electron chi connectivity index (χ1n) is 8.78. The monoisotopic (exact) mass is 410 g/mol. The number of carbonyl (C=O) groups excluding carboxylic acids is 2. The second kappa shape index (κ2) is 10.4. The van der Waals surface area contributed by atoms with Gasteiger partial charge >= 0.3 is 6.03 Å². The lowest BCUT2D eigenvalue weighted by Crippen LogP contribution is -2.49. The van der Waals surface area contributed by atoms with Crippen LogP contribution in [0.1, 0.15) is 24.8 Å². The lowest BCUT2D eigenvalue weighted by atomic mass is 10.1. The SMILES string of the molecule is CNC(=O)CN1CCC(NC(=O)NCCCc2cccc(Br)c2)CC1. The van der Waals surface area contributed by atoms with Crippen LogP contribution in [0, 0.1) is 0 Å². The van der Waals surface area contributed by atoms with Crippen molar-refractivity contribution in [2.45, 2.75) is 31.7 Å². The zero-order chi connectivity index (χ0) is 18.1. The van der Waals surface area contributed by atoms with Crippen LogP contribution in [0.3, 0.4) is 0 Å². The summed E-state index contributed by atoms with van der Waals surface area (Å²) in [6.07, 6.45) is 3.61. The number of hydrogen-bond donors (Lipinski definition) is 3. The largest absolute Gasteiger partial charge is 0.358 e. The summed E-state index contributed by atoms with van der Waals surface area (Å²) in [6, 6.07) is 8.32. The van der Waals surface area contributed by atoms with Gasteiger partial charge in [0.2, 0.25) is 5.91 Å². The van der Waals surface area contributed by atoms with E-state index in [1.807, 2.05) is 12.1 Å². The Hall–Kier alpha value is -1.60. The topological polar surface area (TPSA) is 73.5 Å². The maximum atomic E-state index is 12.0. The quantitative estimate of drug-likeness (QED) is 0.600. The van der Waals surface area contributed by atoms with Crippen LogP contribution < -0.4 is 16.0 Å². The van der Waals surface area contributed by atoms with Gasteiger partial charge in [0.15, 0.2) is 0 Å². The molecule has 1 aliphatic rings. The maximum absolute atomic E-state index is 12.0. The third kappa shape index (κ3) is 7.44. The molecule has 0 atom stereocenters. The zero-order valence-corrected chi connectivity index (χ0v) is 16.3. The number of urea groups is 1. The maximum Gasteiger partial charge on any atom is 0.315 e. The van der Waals surface area contributed by atoms with E-state index in [9.17, 15) is 9.59 Å². The van der Waals surface area contributed by atoms with Crippen LogP contribution in [0.4, 0.5) is 4.79 Å². The van der Waals surface area contributed by atoms with Gasteiger partial charge < -0.3 is 16.0 Å². The molecule has 0 aromatic heterocycles. The van der Waals surface area contributed by atoms with E-state index < -0.39 is 0 Å². The molecule has 6 nitrogen and oxygen atoms in total. The number of piperidine rings is 1. The second-order valence-electron chi connectivity index (χ2n) is 6.36.